The molecule has 0 unspecified atom stereocenters. The zero-order valence-electron chi connectivity index (χ0n) is 16.5. The highest BCUT2D eigenvalue weighted by Gasteiger charge is 2.19. The van der Waals surface area contributed by atoms with E-state index in [1.807, 2.05) is 12.1 Å². The SMILES string of the molecule is COc1cc2nccc(NCc3cccc(C(F)F)c3F)c2cc1N1CCOCC1. The number of pyridine rings is 1. The highest BCUT2D eigenvalue weighted by atomic mass is 19.3. The van der Waals surface area contributed by atoms with E-state index in [1.54, 1.807) is 19.4 Å². The summed E-state index contributed by atoms with van der Waals surface area (Å²) in [6.45, 7) is 2.84. The van der Waals surface area contributed by atoms with Gasteiger partial charge in [-0.3, -0.25) is 4.98 Å². The van der Waals surface area contributed by atoms with Crippen molar-refractivity contribution in [3.05, 3.63) is 59.5 Å². The van der Waals surface area contributed by atoms with Gasteiger partial charge in [0.25, 0.3) is 6.43 Å². The lowest BCUT2D eigenvalue weighted by Gasteiger charge is -2.30. The second-order valence-electron chi connectivity index (χ2n) is 6.97. The zero-order chi connectivity index (χ0) is 21.1. The topological polar surface area (TPSA) is 46.6 Å². The highest BCUT2D eigenvalue weighted by molar-refractivity contribution is 5.95. The smallest absolute Gasteiger partial charge is 0.266 e. The predicted molar refractivity (Wildman–Crippen MR) is 110 cm³/mol. The number of ether oxygens (including phenoxy) is 2. The summed E-state index contributed by atoms with van der Waals surface area (Å²) >= 11 is 0. The first-order valence-electron chi connectivity index (χ1n) is 9.67. The van der Waals surface area contributed by atoms with Crippen LogP contribution in [-0.4, -0.2) is 38.4 Å². The molecule has 1 fully saturated rings. The Kier molecular flexibility index (Phi) is 5.94. The van der Waals surface area contributed by atoms with Crippen molar-refractivity contribution in [1.82, 2.24) is 4.98 Å². The van der Waals surface area contributed by atoms with Gasteiger partial charge in [-0.1, -0.05) is 18.2 Å². The largest absolute Gasteiger partial charge is 0.495 e. The number of anilines is 2. The molecule has 2 heterocycles. The lowest BCUT2D eigenvalue weighted by atomic mass is 10.1. The summed E-state index contributed by atoms with van der Waals surface area (Å²) in [6.07, 6.45) is -1.21. The number of benzene rings is 2. The van der Waals surface area contributed by atoms with Gasteiger partial charge in [-0.15, -0.1) is 0 Å². The quantitative estimate of drug-likeness (QED) is 0.626. The minimum Gasteiger partial charge on any atom is -0.495 e. The molecule has 8 heteroatoms. The van der Waals surface area contributed by atoms with E-state index in [0.717, 1.165) is 41.4 Å². The molecular formula is C22H22F3N3O2. The molecule has 1 aliphatic rings. The molecule has 158 valence electrons. The van der Waals surface area contributed by atoms with Crippen molar-refractivity contribution in [3.8, 4) is 5.75 Å². The molecule has 2 aromatic carbocycles. The van der Waals surface area contributed by atoms with Crippen LogP contribution in [0.1, 0.15) is 17.6 Å². The second kappa shape index (κ2) is 8.79. The second-order valence-corrected chi connectivity index (χ2v) is 6.97. The van der Waals surface area contributed by atoms with Gasteiger partial charge in [0.05, 0.1) is 37.1 Å². The first-order valence-corrected chi connectivity index (χ1v) is 9.67. The van der Waals surface area contributed by atoms with Crippen LogP contribution in [0.3, 0.4) is 0 Å². The minimum atomic E-state index is -2.85. The molecule has 0 spiro atoms. The Morgan fingerprint density at radius 1 is 1.20 bits per heavy atom. The molecule has 3 aromatic rings. The van der Waals surface area contributed by atoms with Crippen molar-refractivity contribution in [3.63, 3.8) is 0 Å². The zero-order valence-corrected chi connectivity index (χ0v) is 16.5. The van der Waals surface area contributed by atoms with Crippen LogP contribution in [0.2, 0.25) is 0 Å². The molecule has 0 aliphatic carbocycles. The number of fused-ring (bicyclic) bond motifs is 1. The maximum Gasteiger partial charge on any atom is 0.266 e. The highest BCUT2D eigenvalue weighted by Crippen LogP contribution is 2.36. The molecule has 0 bridgehead atoms. The molecule has 0 radical (unpaired) electrons. The minimum absolute atomic E-state index is 0.0738. The summed E-state index contributed by atoms with van der Waals surface area (Å²) in [7, 11) is 1.62. The number of rotatable bonds is 6. The first-order chi connectivity index (χ1) is 14.6. The summed E-state index contributed by atoms with van der Waals surface area (Å²) in [5.74, 6) is -0.168. The number of methoxy groups -OCH3 is 1. The average molecular weight is 417 g/mol. The van der Waals surface area contributed by atoms with Gasteiger partial charge in [-0.2, -0.15) is 0 Å². The Morgan fingerprint density at radius 3 is 2.73 bits per heavy atom. The molecule has 1 N–H and O–H groups in total. The number of hydrogen-bond acceptors (Lipinski definition) is 5. The molecule has 0 amide bonds. The van der Waals surface area contributed by atoms with Crippen LogP contribution >= 0.6 is 0 Å². The maximum absolute atomic E-state index is 14.4. The Hall–Kier alpha value is -3.00. The number of nitrogens with zero attached hydrogens (tertiary/aromatic N) is 2. The van der Waals surface area contributed by atoms with Crippen molar-refractivity contribution in [2.75, 3.05) is 43.6 Å². The monoisotopic (exact) mass is 417 g/mol. The number of halogens is 3. The fourth-order valence-electron chi connectivity index (χ4n) is 3.63. The summed E-state index contributed by atoms with van der Waals surface area (Å²) in [5, 5.41) is 4.01. The van der Waals surface area contributed by atoms with Crippen LogP contribution in [0.15, 0.2) is 42.6 Å². The Bertz CT molecular complexity index is 1040. The van der Waals surface area contributed by atoms with Crippen LogP contribution in [0.4, 0.5) is 24.5 Å². The predicted octanol–water partition coefficient (Wildman–Crippen LogP) is 4.77. The van der Waals surface area contributed by atoms with E-state index in [9.17, 15) is 13.2 Å². The Morgan fingerprint density at radius 2 is 2.00 bits per heavy atom. The van der Waals surface area contributed by atoms with Gasteiger partial charge >= 0.3 is 0 Å². The number of hydrogen-bond donors (Lipinski definition) is 1. The molecule has 0 atom stereocenters. The third kappa shape index (κ3) is 4.00. The van der Waals surface area contributed by atoms with Crippen molar-refractivity contribution in [1.29, 1.82) is 0 Å². The number of aromatic nitrogens is 1. The lowest BCUT2D eigenvalue weighted by Crippen LogP contribution is -2.36. The standard InChI is InChI=1S/C22H22F3N3O2/c1-29-20-12-18-16(11-19(20)28-7-9-30-10-8-28)17(5-6-26-18)27-13-14-3-2-4-15(21(14)23)22(24)25/h2-6,11-12,22H,7-10,13H2,1H3,(H,26,27). The van der Waals surface area contributed by atoms with Gasteiger partial charge in [0.2, 0.25) is 0 Å². The average Bonchev–Trinajstić information content (AvgIpc) is 2.77. The fourth-order valence-corrected chi connectivity index (χ4v) is 3.63. The molecule has 0 saturated carbocycles. The molecule has 1 saturated heterocycles. The van der Waals surface area contributed by atoms with Gasteiger partial charge in [0.15, 0.2) is 0 Å². The van der Waals surface area contributed by atoms with E-state index in [4.69, 9.17) is 9.47 Å². The maximum atomic E-state index is 14.4. The van der Waals surface area contributed by atoms with Crippen molar-refractivity contribution in [2.24, 2.45) is 0 Å². The summed E-state index contributed by atoms with van der Waals surface area (Å²) in [4.78, 5) is 6.59. The third-order valence-corrected chi connectivity index (χ3v) is 5.21. The number of morpholine rings is 1. The molecule has 4 rings (SSSR count). The summed E-state index contributed by atoms with van der Waals surface area (Å²) < 4.78 is 51.3. The fraction of sp³-hybridized carbons (Fsp3) is 0.318. The van der Waals surface area contributed by atoms with E-state index in [1.165, 1.54) is 12.1 Å². The first kappa shape index (κ1) is 20.3. The molecule has 1 aliphatic heterocycles. The Balaban J connectivity index is 1.67. The summed E-state index contributed by atoms with van der Waals surface area (Å²) in [6, 6.07) is 9.68. The van der Waals surface area contributed by atoms with E-state index < -0.39 is 17.8 Å². The van der Waals surface area contributed by atoms with Crippen LogP contribution in [0.5, 0.6) is 5.75 Å². The third-order valence-electron chi connectivity index (χ3n) is 5.21. The summed E-state index contributed by atoms with van der Waals surface area (Å²) in [5.41, 5.74) is 1.97. The van der Waals surface area contributed by atoms with E-state index in [-0.39, 0.29) is 12.1 Å². The van der Waals surface area contributed by atoms with Crippen molar-refractivity contribution < 1.29 is 22.6 Å². The van der Waals surface area contributed by atoms with Crippen LogP contribution in [-0.2, 0) is 11.3 Å². The molecule has 1 aromatic heterocycles. The molecule has 30 heavy (non-hydrogen) atoms. The number of nitrogens with one attached hydrogen (secondary N) is 1. The van der Waals surface area contributed by atoms with Gasteiger partial charge in [0.1, 0.15) is 11.6 Å². The van der Waals surface area contributed by atoms with Gasteiger partial charge in [-0.25, -0.2) is 13.2 Å². The van der Waals surface area contributed by atoms with E-state index in [2.05, 4.69) is 15.2 Å². The van der Waals surface area contributed by atoms with Crippen LogP contribution < -0.4 is 15.0 Å². The van der Waals surface area contributed by atoms with Crippen molar-refractivity contribution in [2.45, 2.75) is 13.0 Å². The van der Waals surface area contributed by atoms with Gasteiger partial charge < -0.3 is 19.7 Å². The van der Waals surface area contributed by atoms with Crippen molar-refractivity contribution >= 4 is 22.3 Å². The molecule has 5 nitrogen and oxygen atoms in total. The Labute approximate surface area is 172 Å². The van der Waals surface area contributed by atoms with E-state index in [0.29, 0.717) is 19.0 Å². The van der Waals surface area contributed by atoms with E-state index >= 15 is 0 Å². The normalized spacial score (nSPS) is 14.4. The molecular weight excluding hydrogens is 395 g/mol. The number of alkyl halides is 2. The van der Waals surface area contributed by atoms with Gasteiger partial charge in [0, 0.05) is 48.5 Å². The van der Waals surface area contributed by atoms with Crippen LogP contribution in [0, 0.1) is 5.82 Å². The van der Waals surface area contributed by atoms with Crippen LogP contribution in [0.25, 0.3) is 10.9 Å². The van der Waals surface area contributed by atoms with Gasteiger partial charge in [-0.05, 0) is 12.1 Å². The lowest BCUT2D eigenvalue weighted by molar-refractivity contribution is 0.122.